The van der Waals surface area contributed by atoms with Crippen LogP contribution in [0.2, 0.25) is 0 Å². The highest BCUT2D eigenvalue weighted by molar-refractivity contribution is 6.42. The van der Waals surface area contributed by atoms with Crippen molar-refractivity contribution in [3.8, 4) is 0 Å². The number of hydrogen-bond acceptors (Lipinski definition) is 5. The quantitative estimate of drug-likeness (QED) is 0.352. The number of ether oxygens (including phenoxy) is 1. The second-order valence-electron chi connectivity index (χ2n) is 6.10. The Hall–Kier alpha value is -2.95. The molecule has 136 valence electrons. The average Bonchev–Trinajstić information content (AvgIpc) is 2.63. The van der Waals surface area contributed by atoms with Gasteiger partial charge in [-0.1, -0.05) is 48.0 Å². The van der Waals surface area contributed by atoms with Gasteiger partial charge in [-0.05, 0) is 39.3 Å². The second kappa shape index (κ2) is 8.94. The van der Waals surface area contributed by atoms with E-state index >= 15 is 0 Å². The highest BCUT2D eigenvalue weighted by atomic mass is 16.5. The molecular weight excluding hydrogens is 328 g/mol. The van der Waals surface area contributed by atoms with Crippen molar-refractivity contribution < 1.29 is 14.3 Å². The first kappa shape index (κ1) is 19.4. The standard InChI is InChI=1S/C21H24N2O3/c1-5-26-21(25)19(16(4)20(24)17-9-7-6-8-10-17)23-22-18-12-11-14(2)13-15(18)3/h6-13,16,22H,5H2,1-4H3/b23-19+. The second-order valence-corrected chi connectivity index (χ2v) is 6.10. The van der Waals surface area contributed by atoms with E-state index in [1.807, 2.05) is 38.1 Å². The Morgan fingerprint density at radius 3 is 2.42 bits per heavy atom. The molecule has 0 aliphatic heterocycles. The fourth-order valence-electron chi connectivity index (χ4n) is 2.56. The zero-order valence-corrected chi connectivity index (χ0v) is 15.6. The summed E-state index contributed by atoms with van der Waals surface area (Å²) < 4.78 is 5.09. The molecule has 0 saturated heterocycles. The van der Waals surface area contributed by atoms with E-state index in [-0.39, 0.29) is 18.1 Å². The van der Waals surface area contributed by atoms with Crippen LogP contribution in [0.15, 0.2) is 53.6 Å². The van der Waals surface area contributed by atoms with Gasteiger partial charge in [-0.2, -0.15) is 5.10 Å². The molecule has 0 saturated carbocycles. The molecular formula is C21H24N2O3. The monoisotopic (exact) mass is 352 g/mol. The van der Waals surface area contributed by atoms with Gasteiger partial charge >= 0.3 is 5.97 Å². The lowest BCUT2D eigenvalue weighted by Crippen LogP contribution is -2.31. The van der Waals surface area contributed by atoms with Crippen LogP contribution in [0.3, 0.4) is 0 Å². The van der Waals surface area contributed by atoms with Gasteiger partial charge in [0.15, 0.2) is 11.5 Å². The van der Waals surface area contributed by atoms with E-state index in [2.05, 4.69) is 10.5 Å². The summed E-state index contributed by atoms with van der Waals surface area (Å²) in [6, 6.07) is 14.7. The summed E-state index contributed by atoms with van der Waals surface area (Å²) in [5.74, 6) is -1.50. The number of nitrogens with zero attached hydrogens (tertiary/aromatic N) is 1. The van der Waals surface area contributed by atoms with Crippen LogP contribution < -0.4 is 5.43 Å². The van der Waals surface area contributed by atoms with E-state index in [4.69, 9.17) is 4.74 Å². The van der Waals surface area contributed by atoms with Crippen LogP contribution in [0.1, 0.15) is 35.3 Å². The number of Topliss-reactive ketones (excluding diaryl/α,β-unsaturated/α-hetero) is 1. The molecule has 2 rings (SSSR count). The van der Waals surface area contributed by atoms with Crippen LogP contribution >= 0.6 is 0 Å². The minimum Gasteiger partial charge on any atom is -0.461 e. The molecule has 5 nitrogen and oxygen atoms in total. The number of rotatable bonds is 7. The summed E-state index contributed by atoms with van der Waals surface area (Å²) in [5.41, 5.74) is 6.40. The zero-order chi connectivity index (χ0) is 19.1. The topological polar surface area (TPSA) is 67.8 Å². The van der Waals surface area contributed by atoms with Crippen molar-refractivity contribution in [1.82, 2.24) is 0 Å². The molecule has 1 atom stereocenters. The van der Waals surface area contributed by atoms with E-state index in [1.165, 1.54) is 0 Å². The van der Waals surface area contributed by atoms with E-state index in [9.17, 15) is 9.59 Å². The summed E-state index contributed by atoms with van der Waals surface area (Å²) in [4.78, 5) is 25.0. The molecule has 0 aromatic heterocycles. The molecule has 26 heavy (non-hydrogen) atoms. The van der Waals surface area contributed by atoms with Gasteiger partial charge in [-0.25, -0.2) is 4.79 Å². The molecule has 0 spiro atoms. The summed E-state index contributed by atoms with van der Waals surface area (Å²) in [6.45, 7) is 7.55. The lowest BCUT2D eigenvalue weighted by molar-refractivity contribution is -0.135. The van der Waals surface area contributed by atoms with E-state index < -0.39 is 11.9 Å². The molecule has 1 N–H and O–H groups in total. The van der Waals surface area contributed by atoms with Gasteiger partial charge < -0.3 is 4.74 Å². The third-order valence-electron chi connectivity index (χ3n) is 4.03. The first-order valence-electron chi connectivity index (χ1n) is 8.61. The maximum Gasteiger partial charge on any atom is 0.355 e. The van der Waals surface area contributed by atoms with Gasteiger partial charge in [-0.15, -0.1) is 0 Å². The molecule has 5 heteroatoms. The van der Waals surface area contributed by atoms with Gasteiger partial charge in [0.2, 0.25) is 0 Å². The van der Waals surface area contributed by atoms with E-state index in [1.54, 1.807) is 38.1 Å². The first-order valence-corrected chi connectivity index (χ1v) is 8.61. The summed E-state index contributed by atoms with van der Waals surface area (Å²) >= 11 is 0. The number of ketones is 1. The van der Waals surface area contributed by atoms with Crippen molar-refractivity contribution in [3.63, 3.8) is 0 Å². The van der Waals surface area contributed by atoms with Gasteiger partial charge in [-0.3, -0.25) is 10.2 Å². The molecule has 0 bridgehead atoms. The Bertz CT molecular complexity index is 813. The Balaban J connectivity index is 2.30. The predicted molar refractivity (Wildman–Crippen MR) is 104 cm³/mol. The number of carbonyl (C=O) groups is 2. The van der Waals surface area contributed by atoms with Crippen LogP contribution in [0.5, 0.6) is 0 Å². The van der Waals surface area contributed by atoms with Crippen LogP contribution in [0.25, 0.3) is 0 Å². The SMILES string of the molecule is CCOC(=O)/C(=N/Nc1ccc(C)cc1C)C(C)C(=O)c1ccccc1. The van der Waals surface area contributed by atoms with Gasteiger partial charge in [0.05, 0.1) is 18.2 Å². The minimum absolute atomic E-state index is 0.0562. The van der Waals surface area contributed by atoms with Gasteiger partial charge in [0.1, 0.15) is 0 Å². The largest absolute Gasteiger partial charge is 0.461 e. The number of hydrogen-bond donors (Lipinski definition) is 1. The number of anilines is 1. The molecule has 0 fully saturated rings. The number of nitrogens with one attached hydrogen (secondary N) is 1. The normalized spacial score (nSPS) is 12.4. The van der Waals surface area contributed by atoms with Crippen LogP contribution in [-0.4, -0.2) is 24.1 Å². The van der Waals surface area contributed by atoms with E-state index in [0.717, 1.165) is 16.8 Å². The zero-order valence-electron chi connectivity index (χ0n) is 15.6. The lowest BCUT2D eigenvalue weighted by Gasteiger charge is -2.14. The van der Waals surface area contributed by atoms with Gasteiger partial charge in [0, 0.05) is 5.56 Å². The number of hydrazone groups is 1. The average molecular weight is 352 g/mol. The number of carbonyl (C=O) groups excluding carboxylic acids is 2. The summed E-state index contributed by atoms with van der Waals surface area (Å²) in [5, 5.41) is 4.22. The minimum atomic E-state index is -0.727. The van der Waals surface area contributed by atoms with Crippen LogP contribution in [-0.2, 0) is 9.53 Å². The van der Waals surface area contributed by atoms with Crippen molar-refractivity contribution in [2.45, 2.75) is 27.7 Å². The molecule has 0 amide bonds. The Kier molecular flexibility index (Phi) is 6.67. The molecule has 0 radical (unpaired) electrons. The van der Waals surface area contributed by atoms with Gasteiger partial charge in [0.25, 0.3) is 0 Å². The summed E-state index contributed by atoms with van der Waals surface area (Å²) in [7, 11) is 0. The van der Waals surface area contributed by atoms with Crippen molar-refractivity contribution in [2.24, 2.45) is 11.0 Å². The maximum atomic E-state index is 12.7. The molecule has 0 aliphatic rings. The maximum absolute atomic E-state index is 12.7. The Morgan fingerprint density at radius 1 is 1.12 bits per heavy atom. The number of esters is 1. The fraction of sp³-hybridized carbons (Fsp3) is 0.286. The van der Waals surface area contributed by atoms with E-state index in [0.29, 0.717) is 5.56 Å². The third kappa shape index (κ3) is 4.79. The highest BCUT2D eigenvalue weighted by Crippen LogP contribution is 2.17. The molecule has 2 aromatic carbocycles. The fourth-order valence-corrected chi connectivity index (χ4v) is 2.56. The molecule has 2 aromatic rings. The molecule has 0 heterocycles. The van der Waals surface area contributed by atoms with Crippen molar-refractivity contribution >= 4 is 23.2 Å². The first-order chi connectivity index (χ1) is 12.4. The lowest BCUT2D eigenvalue weighted by atomic mass is 9.95. The number of aryl methyl sites for hydroxylation is 2. The van der Waals surface area contributed by atoms with Crippen molar-refractivity contribution in [2.75, 3.05) is 12.0 Å². The summed E-state index contributed by atoms with van der Waals surface area (Å²) in [6.07, 6.45) is 0. The van der Waals surface area contributed by atoms with Crippen LogP contribution in [0.4, 0.5) is 5.69 Å². The highest BCUT2D eigenvalue weighted by Gasteiger charge is 2.27. The Morgan fingerprint density at radius 2 is 1.81 bits per heavy atom. The van der Waals surface area contributed by atoms with Crippen molar-refractivity contribution in [1.29, 1.82) is 0 Å². The van der Waals surface area contributed by atoms with Crippen LogP contribution in [0, 0.1) is 19.8 Å². The molecule has 1 unspecified atom stereocenters. The smallest absolute Gasteiger partial charge is 0.355 e. The molecule has 0 aliphatic carbocycles. The Labute approximate surface area is 154 Å². The van der Waals surface area contributed by atoms with Crippen molar-refractivity contribution in [3.05, 3.63) is 65.2 Å². The number of benzene rings is 2. The third-order valence-corrected chi connectivity index (χ3v) is 4.03. The predicted octanol–water partition coefficient (Wildman–Crippen LogP) is 4.15.